The fourth-order valence-electron chi connectivity index (χ4n) is 2.76. The molecular formula is C17H27N3O2. The van der Waals surface area contributed by atoms with Gasteiger partial charge in [0, 0.05) is 19.1 Å². The highest BCUT2D eigenvalue weighted by atomic mass is 16.5. The first-order valence-electron chi connectivity index (χ1n) is 7.90. The number of carbonyl (C=O) groups is 1. The topological polar surface area (TPSA) is 67.6 Å². The van der Waals surface area contributed by atoms with E-state index in [4.69, 9.17) is 10.5 Å². The summed E-state index contributed by atoms with van der Waals surface area (Å²) in [5, 5.41) is 2.90. The molecule has 0 saturated carbocycles. The highest BCUT2D eigenvalue weighted by Crippen LogP contribution is 2.27. The lowest BCUT2D eigenvalue weighted by Gasteiger charge is -2.42. The molecule has 0 aliphatic carbocycles. The summed E-state index contributed by atoms with van der Waals surface area (Å²) in [6, 6.07) is 9.82. The van der Waals surface area contributed by atoms with Crippen molar-refractivity contribution in [1.82, 2.24) is 10.2 Å². The Morgan fingerprint density at radius 2 is 2.14 bits per heavy atom. The summed E-state index contributed by atoms with van der Waals surface area (Å²) in [4.78, 5) is 14.2. The fourth-order valence-corrected chi connectivity index (χ4v) is 2.76. The molecule has 5 nitrogen and oxygen atoms in total. The molecule has 5 heteroatoms. The Kier molecular flexibility index (Phi) is 5.80. The van der Waals surface area contributed by atoms with Gasteiger partial charge >= 0.3 is 0 Å². The van der Waals surface area contributed by atoms with Crippen molar-refractivity contribution in [2.75, 3.05) is 32.8 Å². The molecule has 0 aromatic heterocycles. The number of hydrogen-bond acceptors (Lipinski definition) is 4. The van der Waals surface area contributed by atoms with E-state index in [0.717, 1.165) is 25.3 Å². The van der Waals surface area contributed by atoms with Crippen LogP contribution in [0.25, 0.3) is 0 Å². The fraction of sp³-hybridized carbons (Fsp3) is 0.588. The molecule has 1 aromatic rings. The van der Waals surface area contributed by atoms with Gasteiger partial charge in [-0.1, -0.05) is 32.0 Å². The van der Waals surface area contributed by atoms with Crippen molar-refractivity contribution in [3.8, 4) is 5.75 Å². The van der Waals surface area contributed by atoms with Crippen LogP contribution in [0.5, 0.6) is 5.75 Å². The van der Waals surface area contributed by atoms with Gasteiger partial charge in [0.15, 0.2) is 0 Å². The first-order chi connectivity index (χ1) is 10.5. The Bertz CT molecular complexity index is 476. The molecule has 1 amide bonds. The minimum absolute atomic E-state index is 0.0444. The Balaban J connectivity index is 1.64. The zero-order valence-corrected chi connectivity index (χ0v) is 13.5. The number of benzene rings is 1. The molecule has 1 saturated heterocycles. The molecule has 1 unspecified atom stereocenters. The van der Waals surface area contributed by atoms with Crippen LogP contribution in [0.4, 0.5) is 0 Å². The molecule has 1 aliphatic rings. The van der Waals surface area contributed by atoms with Crippen LogP contribution >= 0.6 is 0 Å². The Morgan fingerprint density at radius 1 is 1.41 bits per heavy atom. The molecule has 0 radical (unpaired) electrons. The van der Waals surface area contributed by atoms with E-state index in [0.29, 0.717) is 19.7 Å². The van der Waals surface area contributed by atoms with E-state index in [2.05, 4.69) is 24.1 Å². The van der Waals surface area contributed by atoms with Crippen molar-refractivity contribution >= 4 is 5.91 Å². The number of hydrogen-bond donors (Lipinski definition) is 2. The normalized spacial score (nSPS) is 21.3. The third-order valence-corrected chi connectivity index (χ3v) is 4.19. The van der Waals surface area contributed by atoms with Gasteiger partial charge in [0.05, 0.1) is 13.1 Å². The van der Waals surface area contributed by atoms with Crippen LogP contribution in [0.3, 0.4) is 0 Å². The van der Waals surface area contributed by atoms with Gasteiger partial charge in [-0.2, -0.15) is 0 Å². The number of nitrogens with one attached hydrogen (secondary N) is 1. The number of para-hydroxylation sites is 1. The lowest BCUT2D eigenvalue weighted by molar-refractivity contribution is -0.123. The molecule has 0 spiro atoms. The summed E-state index contributed by atoms with van der Waals surface area (Å²) in [5.74, 6) is 0.867. The Hall–Kier alpha value is -1.59. The van der Waals surface area contributed by atoms with Crippen LogP contribution < -0.4 is 15.8 Å². The molecule has 1 heterocycles. The quantitative estimate of drug-likeness (QED) is 0.776. The third kappa shape index (κ3) is 5.00. The van der Waals surface area contributed by atoms with Gasteiger partial charge in [-0.05, 0) is 24.0 Å². The average molecular weight is 305 g/mol. The first-order valence-corrected chi connectivity index (χ1v) is 7.90. The maximum Gasteiger partial charge on any atom is 0.234 e. The number of nitrogens with zero attached hydrogens (tertiary/aromatic N) is 1. The summed E-state index contributed by atoms with van der Waals surface area (Å²) < 4.78 is 5.55. The molecule has 1 aliphatic heterocycles. The van der Waals surface area contributed by atoms with E-state index in [1.54, 1.807) is 0 Å². The maximum absolute atomic E-state index is 12.0. The highest BCUT2D eigenvalue weighted by Gasteiger charge is 2.33. The van der Waals surface area contributed by atoms with Gasteiger partial charge in [0.2, 0.25) is 5.91 Å². The third-order valence-electron chi connectivity index (χ3n) is 4.19. The summed E-state index contributed by atoms with van der Waals surface area (Å²) in [5.41, 5.74) is 6.18. The zero-order chi connectivity index (χ0) is 16.0. The second kappa shape index (κ2) is 7.61. The highest BCUT2D eigenvalue weighted by molar-refractivity contribution is 5.78. The Labute approximate surface area is 132 Å². The summed E-state index contributed by atoms with van der Waals surface area (Å²) >= 11 is 0. The number of amides is 1. The van der Waals surface area contributed by atoms with Crippen LogP contribution in [0.2, 0.25) is 0 Å². The van der Waals surface area contributed by atoms with E-state index >= 15 is 0 Å². The molecule has 22 heavy (non-hydrogen) atoms. The standard InChI is InChI=1S/C17H27N3O2/c1-17(2)13-20(10-8-15(17)18)12-16(21)19-9-11-22-14-6-4-3-5-7-14/h3-7,15H,8-13,18H2,1-2H3,(H,19,21). The molecule has 2 rings (SSSR count). The molecule has 3 N–H and O–H groups in total. The maximum atomic E-state index is 12.0. The van der Waals surface area contributed by atoms with Crippen LogP contribution in [-0.4, -0.2) is 49.6 Å². The van der Waals surface area contributed by atoms with E-state index in [1.165, 1.54) is 0 Å². The monoisotopic (exact) mass is 305 g/mol. The van der Waals surface area contributed by atoms with Gasteiger partial charge in [-0.3, -0.25) is 9.69 Å². The van der Waals surface area contributed by atoms with Gasteiger partial charge in [0.25, 0.3) is 0 Å². The zero-order valence-electron chi connectivity index (χ0n) is 13.5. The molecule has 0 bridgehead atoms. The van der Waals surface area contributed by atoms with Crippen LogP contribution in [0, 0.1) is 5.41 Å². The number of likely N-dealkylation sites (tertiary alicyclic amines) is 1. The number of carbonyl (C=O) groups excluding carboxylic acids is 1. The summed E-state index contributed by atoms with van der Waals surface area (Å²) in [6.45, 7) is 7.50. The average Bonchev–Trinajstić information content (AvgIpc) is 2.48. The largest absolute Gasteiger partial charge is 0.492 e. The van der Waals surface area contributed by atoms with E-state index in [9.17, 15) is 4.79 Å². The van der Waals surface area contributed by atoms with Crippen molar-refractivity contribution in [2.24, 2.45) is 11.1 Å². The number of nitrogens with two attached hydrogens (primary N) is 1. The second-order valence-corrected chi connectivity index (χ2v) is 6.61. The molecule has 1 fully saturated rings. The lowest BCUT2D eigenvalue weighted by Crippen LogP contribution is -2.54. The van der Waals surface area contributed by atoms with Crippen LogP contribution in [-0.2, 0) is 4.79 Å². The van der Waals surface area contributed by atoms with Crippen molar-refractivity contribution in [3.05, 3.63) is 30.3 Å². The number of ether oxygens (including phenoxy) is 1. The van der Waals surface area contributed by atoms with E-state index in [-0.39, 0.29) is 17.4 Å². The van der Waals surface area contributed by atoms with Gasteiger partial charge in [-0.15, -0.1) is 0 Å². The van der Waals surface area contributed by atoms with Crippen molar-refractivity contribution in [2.45, 2.75) is 26.3 Å². The molecule has 122 valence electrons. The van der Waals surface area contributed by atoms with Gasteiger partial charge in [-0.25, -0.2) is 0 Å². The SMILES string of the molecule is CC1(C)CN(CC(=O)NCCOc2ccccc2)CCC1N. The minimum Gasteiger partial charge on any atom is -0.492 e. The summed E-state index contributed by atoms with van der Waals surface area (Å²) in [7, 11) is 0. The predicted molar refractivity (Wildman–Crippen MR) is 87.8 cm³/mol. The number of rotatable bonds is 6. The minimum atomic E-state index is 0.0444. The van der Waals surface area contributed by atoms with Crippen LogP contribution in [0.15, 0.2) is 30.3 Å². The van der Waals surface area contributed by atoms with Crippen molar-refractivity contribution in [3.63, 3.8) is 0 Å². The van der Waals surface area contributed by atoms with Gasteiger partial charge in [0.1, 0.15) is 12.4 Å². The lowest BCUT2D eigenvalue weighted by atomic mass is 9.80. The smallest absolute Gasteiger partial charge is 0.234 e. The second-order valence-electron chi connectivity index (χ2n) is 6.61. The molecule has 1 atom stereocenters. The molecular weight excluding hydrogens is 278 g/mol. The predicted octanol–water partition coefficient (Wildman–Crippen LogP) is 1.24. The molecule has 1 aromatic carbocycles. The first kappa shape index (κ1) is 16.8. The van der Waals surface area contributed by atoms with Crippen LogP contribution in [0.1, 0.15) is 20.3 Å². The van der Waals surface area contributed by atoms with E-state index in [1.807, 2.05) is 30.3 Å². The van der Waals surface area contributed by atoms with E-state index < -0.39 is 0 Å². The summed E-state index contributed by atoms with van der Waals surface area (Å²) in [6.07, 6.45) is 0.942. The van der Waals surface area contributed by atoms with Crippen molar-refractivity contribution in [1.29, 1.82) is 0 Å². The number of piperidine rings is 1. The van der Waals surface area contributed by atoms with Gasteiger partial charge < -0.3 is 15.8 Å². The Morgan fingerprint density at radius 3 is 2.82 bits per heavy atom. The van der Waals surface area contributed by atoms with Crippen molar-refractivity contribution < 1.29 is 9.53 Å².